The maximum absolute atomic E-state index is 12.8. The molecule has 3 rings (SSSR count). The largest absolute Gasteiger partial charge is 0.493 e. The molecule has 0 saturated carbocycles. The highest BCUT2D eigenvalue weighted by atomic mass is 16.7. The molecule has 27 heavy (non-hydrogen) atoms. The number of nitrogens with one attached hydrogen (secondary N) is 1. The van der Waals surface area contributed by atoms with E-state index in [4.69, 9.17) is 23.7 Å². The monoisotopic (exact) mass is 371 g/mol. The molecule has 7 nitrogen and oxygen atoms in total. The van der Waals surface area contributed by atoms with E-state index in [-0.39, 0.29) is 5.78 Å². The summed E-state index contributed by atoms with van der Waals surface area (Å²) in [5, 5.41) is 3.08. The Morgan fingerprint density at radius 3 is 2.26 bits per heavy atom. The highest BCUT2D eigenvalue weighted by Crippen LogP contribution is 2.40. The van der Waals surface area contributed by atoms with Crippen LogP contribution in [0.3, 0.4) is 0 Å². The van der Waals surface area contributed by atoms with Gasteiger partial charge < -0.3 is 29.0 Å². The number of carbonyl (C=O) groups excluding carboxylic acids is 1. The Kier molecular flexibility index (Phi) is 5.52. The van der Waals surface area contributed by atoms with Crippen LogP contribution in [0.4, 0.5) is 5.69 Å². The van der Waals surface area contributed by atoms with Gasteiger partial charge in [0.25, 0.3) is 0 Å². The zero-order chi connectivity index (χ0) is 19.4. The minimum absolute atomic E-state index is 0.163. The molecule has 0 spiro atoms. The Bertz CT molecular complexity index is 852. The first-order valence-corrected chi connectivity index (χ1v) is 8.22. The first kappa shape index (κ1) is 18.6. The van der Waals surface area contributed by atoms with Crippen molar-refractivity contribution in [3.63, 3.8) is 0 Å². The van der Waals surface area contributed by atoms with Crippen LogP contribution in [0.25, 0.3) is 0 Å². The highest BCUT2D eigenvalue weighted by Gasteiger charge is 2.31. The fraction of sp³-hybridized carbons (Fsp3) is 0.250. The fourth-order valence-corrected chi connectivity index (χ4v) is 2.83. The molecule has 1 aliphatic rings. The summed E-state index contributed by atoms with van der Waals surface area (Å²) >= 11 is 0. The lowest BCUT2D eigenvalue weighted by molar-refractivity contribution is -0.0283. The maximum Gasteiger partial charge on any atom is 0.231 e. The molecule has 1 N–H and O–H groups in total. The van der Waals surface area contributed by atoms with Crippen molar-refractivity contribution >= 4 is 11.5 Å². The van der Waals surface area contributed by atoms with E-state index in [0.717, 1.165) is 0 Å². The molecule has 0 amide bonds. The van der Waals surface area contributed by atoms with E-state index in [1.54, 1.807) is 36.5 Å². The number of fused-ring (bicyclic) bond motifs is 1. The average molecular weight is 371 g/mol. The molecule has 2 aromatic rings. The molecule has 0 bridgehead atoms. The van der Waals surface area contributed by atoms with Crippen molar-refractivity contribution in [3.8, 4) is 23.0 Å². The van der Waals surface area contributed by atoms with E-state index in [0.29, 0.717) is 39.8 Å². The second-order valence-electron chi connectivity index (χ2n) is 5.67. The van der Waals surface area contributed by atoms with Gasteiger partial charge in [0, 0.05) is 31.1 Å². The maximum atomic E-state index is 12.8. The topological polar surface area (TPSA) is 75.3 Å². The summed E-state index contributed by atoms with van der Waals surface area (Å²) in [4.78, 5) is 12.8. The number of hydrogen-bond acceptors (Lipinski definition) is 7. The van der Waals surface area contributed by atoms with Crippen LogP contribution >= 0.6 is 0 Å². The van der Waals surface area contributed by atoms with Crippen molar-refractivity contribution in [1.29, 1.82) is 0 Å². The first-order chi connectivity index (χ1) is 13.1. The lowest BCUT2D eigenvalue weighted by Crippen LogP contribution is -2.32. The molecule has 2 aromatic carbocycles. The van der Waals surface area contributed by atoms with Crippen LogP contribution in [0.1, 0.15) is 10.4 Å². The molecule has 0 radical (unpaired) electrons. The molecule has 1 atom stereocenters. The Balaban J connectivity index is 1.94. The van der Waals surface area contributed by atoms with E-state index in [2.05, 4.69) is 5.32 Å². The van der Waals surface area contributed by atoms with Gasteiger partial charge in [-0.3, -0.25) is 4.79 Å². The number of hydrogen-bond donors (Lipinski definition) is 1. The third kappa shape index (κ3) is 3.54. The van der Waals surface area contributed by atoms with Gasteiger partial charge in [-0.1, -0.05) is 12.1 Å². The van der Waals surface area contributed by atoms with Gasteiger partial charge in [0.05, 0.1) is 32.5 Å². The van der Waals surface area contributed by atoms with E-state index >= 15 is 0 Å². The van der Waals surface area contributed by atoms with Crippen LogP contribution in [0, 0.1) is 0 Å². The smallest absolute Gasteiger partial charge is 0.231 e. The Morgan fingerprint density at radius 1 is 1.00 bits per heavy atom. The van der Waals surface area contributed by atoms with Crippen molar-refractivity contribution < 1.29 is 28.5 Å². The summed E-state index contributed by atoms with van der Waals surface area (Å²) in [5.74, 6) is 1.82. The molecule has 0 fully saturated rings. The number of rotatable bonds is 6. The predicted molar refractivity (Wildman–Crippen MR) is 100 cm³/mol. The van der Waals surface area contributed by atoms with E-state index in [9.17, 15) is 4.79 Å². The van der Waals surface area contributed by atoms with Gasteiger partial charge in [-0.2, -0.15) is 0 Å². The van der Waals surface area contributed by atoms with Crippen molar-refractivity contribution in [2.75, 3.05) is 33.8 Å². The molecule has 7 heteroatoms. The van der Waals surface area contributed by atoms with Crippen molar-refractivity contribution in [3.05, 3.63) is 53.7 Å². The Labute approximate surface area is 157 Å². The van der Waals surface area contributed by atoms with Gasteiger partial charge in [-0.15, -0.1) is 0 Å². The summed E-state index contributed by atoms with van der Waals surface area (Å²) in [5.41, 5.74) is 1.49. The number of carbonyl (C=O) groups is 1. The Hall–Kier alpha value is -3.19. The number of benzene rings is 2. The van der Waals surface area contributed by atoms with Crippen LogP contribution in [0.15, 0.2) is 48.2 Å². The van der Waals surface area contributed by atoms with E-state index in [1.165, 1.54) is 28.4 Å². The van der Waals surface area contributed by atoms with Crippen LogP contribution in [0.5, 0.6) is 23.0 Å². The van der Waals surface area contributed by atoms with Crippen LogP contribution in [-0.4, -0.2) is 40.5 Å². The van der Waals surface area contributed by atoms with Crippen molar-refractivity contribution in [2.45, 2.75) is 6.29 Å². The predicted octanol–water partition coefficient (Wildman–Crippen LogP) is 3.26. The lowest BCUT2D eigenvalue weighted by atomic mass is 10.00. The number of methoxy groups -OCH3 is 4. The molecular weight excluding hydrogens is 350 g/mol. The van der Waals surface area contributed by atoms with Crippen LogP contribution in [-0.2, 0) is 4.74 Å². The zero-order valence-electron chi connectivity index (χ0n) is 15.6. The number of para-hydroxylation sites is 1. The molecule has 0 aromatic heterocycles. The average Bonchev–Trinajstić information content (AvgIpc) is 2.71. The van der Waals surface area contributed by atoms with Crippen molar-refractivity contribution in [2.24, 2.45) is 0 Å². The second-order valence-corrected chi connectivity index (χ2v) is 5.67. The summed E-state index contributed by atoms with van der Waals surface area (Å²) < 4.78 is 27.1. The third-order valence-corrected chi connectivity index (χ3v) is 4.15. The number of anilines is 1. The molecule has 0 aliphatic carbocycles. The normalized spacial score (nSPS) is 17.1. The third-order valence-electron chi connectivity index (χ3n) is 4.15. The number of Topliss-reactive ketones (excluding diaryl/α,β-unsaturated/α-hetero) is 1. The molecule has 1 heterocycles. The summed E-state index contributed by atoms with van der Waals surface area (Å²) in [6.07, 6.45) is 0.759. The summed E-state index contributed by atoms with van der Waals surface area (Å²) in [6.45, 7) is 0. The highest BCUT2D eigenvalue weighted by molar-refractivity contribution is 6.12. The minimum Gasteiger partial charge on any atom is -0.493 e. The molecular formula is C20H21NO6. The zero-order valence-corrected chi connectivity index (χ0v) is 15.6. The van der Waals surface area contributed by atoms with Gasteiger partial charge >= 0.3 is 0 Å². The van der Waals surface area contributed by atoms with Crippen LogP contribution in [0.2, 0.25) is 0 Å². The molecule has 0 saturated heterocycles. The van der Waals surface area contributed by atoms with Gasteiger partial charge in [-0.05, 0) is 12.1 Å². The van der Waals surface area contributed by atoms with Gasteiger partial charge in [0.1, 0.15) is 5.75 Å². The van der Waals surface area contributed by atoms with Gasteiger partial charge in [0.2, 0.25) is 12.0 Å². The SMILES string of the molecule is COc1cc(N/C=C2\C(=O)c3ccccc3O[C@@H]2OC)cc(OC)c1OC. The fourth-order valence-electron chi connectivity index (χ4n) is 2.83. The molecule has 142 valence electrons. The lowest BCUT2D eigenvalue weighted by Gasteiger charge is -2.26. The molecule has 0 unspecified atom stereocenters. The summed E-state index contributed by atoms with van der Waals surface area (Å²) in [7, 11) is 6.10. The second kappa shape index (κ2) is 8.01. The minimum atomic E-state index is -0.804. The summed E-state index contributed by atoms with van der Waals surface area (Å²) in [6, 6.07) is 10.5. The quantitative estimate of drug-likeness (QED) is 0.781. The van der Waals surface area contributed by atoms with Gasteiger partial charge in [0.15, 0.2) is 17.3 Å². The first-order valence-electron chi connectivity index (χ1n) is 8.22. The van der Waals surface area contributed by atoms with E-state index in [1.807, 2.05) is 6.07 Å². The standard InChI is InChI=1S/C20H21NO6/c1-23-16-9-12(10-17(24-2)19(16)25-3)21-11-14-18(22)13-7-5-6-8-15(13)27-20(14)26-4/h5-11,20-21H,1-4H3/b14-11+/t20-/m0/s1. The van der Waals surface area contributed by atoms with Gasteiger partial charge in [-0.25, -0.2) is 0 Å². The van der Waals surface area contributed by atoms with Crippen LogP contribution < -0.4 is 24.3 Å². The number of ether oxygens (including phenoxy) is 5. The Morgan fingerprint density at radius 2 is 1.67 bits per heavy atom. The van der Waals surface area contributed by atoms with Crippen molar-refractivity contribution in [1.82, 2.24) is 0 Å². The van der Waals surface area contributed by atoms with E-state index < -0.39 is 6.29 Å². The molecule has 1 aliphatic heterocycles. The number of ketones is 1.